The van der Waals surface area contributed by atoms with Crippen molar-refractivity contribution in [1.29, 1.82) is 0 Å². The standard InChI is InChI=1S/C32H29N3O3/c1-20-10-8-15-25-29(20)34-30-26(38-25)18-24(33-16-9-17-35(2)19-21-11-4-3-5-12-21)27-28(30)32(37)23-14-7-6-13-22(23)31(27)36/h3-8,10-15,18,26,33H,9,16-17,19H2,1-2H3/p+1. The zero-order chi connectivity index (χ0) is 26.2. The molecule has 0 saturated heterocycles. The Morgan fingerprint density at radius 2 is 1.61 bits per heavy atom. The van der Waals surface area contributed by atoms with Crippen molar-refractivity contribution >= 4 is 23.0 Å². The topological polar surface area (TPSA) is 72.6 Å². The van der Waals surface area contributed by atoms with Crippen molar-refractivity contribution in [3.05, 3.63) is 118 Å². The smallest absolute Gasteiger partial charge is 0.249 e. The van der Waals surface area contributed by atoms with Gasteiger partial charge < -0.3 is 15.0 Å². The lowest BCUT2D eigenvalue weighted by molar-refractivity contribution is -0.363. The molecule has 38 heavy (non-hydrogen) atoms. The summed E-state index contributed by atoms with van der Waals surface area (Å²) in [6.45, 7) is 4.43. The van der Waals surface area contributed by atoms with Crippen LogP contribution < -0.4 is 15.0 Å². The number of aryl methyl sites for hydroxylation is 1. The molecule has 6 rings (SSSR count). The first-order valence-electron chi connectivity index (χ1n) is 13.0. The van der Waals surface area contributed by atoms with Crippen molar-refractivity contribution in [1.82, 2.24) is 10.2 Å². The predicted molar refractivity (Wildman–Crippen MR) is 147 cm³/mol. The minimum absolute atomic E-state index is 0.140. The summed E-state index contributed by atoms with van der Waals surface area (Å²) in [5.74, 6) is 0.438. The molecule has 0 amide bonds. The van der Waals surface area contributed by atoms with E-state index in [4.69, 9.17) is 4.74 Å². The van der Waals surface area contributed by atoms with Crippen molar-refractivity contribution < 1.29 is 19.3 Å². The highest BCUT2D eigenvalue weighted by molar-refractivity contribution is 6.39. The predicted octanol–water partition coefficient (Wildman–Crippen LogP) is 3.29. The summed E-state index contributed by atoms with van der Waals surface area (Å²) in [6, 6.07) is 23.3. The van der Waals surface area contributed by atoms with Crippen molar-refractivity contribution in [3.8, 4) is 5.75 Å². The van der Waals surface area contributed by atoms with Gasteiger partial charge in [-0.1, -0.05) is 66.7 Å². The van der Waals surface area contributed by atoms with Crippen LogP contribution in [0.4, 0.5) is 5.69 Å². The lowest BCUT2D eigenvalue weighted by Crippen LogP contribution is -2.74. The van der Waals surface area contributed by atoms with E-state index < -0.39 is 6.10 Å². The first-order valence-corrected chi connectivity index (χ1v) is 13.0. The second-order valence-corrected chi connectivity index (χ2v) is 10.1. The van der Waals surface area contributed by atoms with Gasteiger partial charge in [0, 0.05) is 35.5 Å². The highest BCUT2D eigenvalue weighted by Crippen LogP contribution is 2.36. The number of Topliss-reactive ketones (excluding diaryl/α,β-unsaturated/α-hetero) is 2. The van der Waals surface area contributed by atoms with E-state index in [1.54, 1.807) is 24.3 Å². The van der Waals surface area contributed by atoms with E-state index >= 15 is 0 Å². The Hall–Kier alpha value is -4.29. The number of carbonyl (C=O) groups is 2. The average molecular weight is 505 g/mol. The molecule has 0 spiro atoms. The van der Waals surface area contributed by atoms with Crippen LogP contribution >= 0.6 is 0 Å². The number of fused-ring (bicyclic) bond motifs is 4. The van der Waals surface area contributed by atoms with Gasteiger partial charge in [-0.3, -0.25) is 9.59 Å². The molecule has 0 fully saturated rings. The highest BCUT2D eigenvalue weighted by Gasteiger charge is 2.46. The second-order valence-electron chi connectivity index (χ2n) is 10.1. The maximum Gasteiger partial charge on any atom is 0.249 e. The third-order valence-corrected chi connectivity index (χ3v) is 7.34. The van der Waals surface area contributed by atoms with Crippen LogP contribution in [0.5, 0.6) is 5.75 Å². The summed E-state index contributed by atoms with van der Waals surface area (Å²) < 4.78 is 6.36. The Morgan fingerprint density at radius 1 is 0.895 bits per heavy atom. The molecule has 3 aromatic rings. The van der Waals surface area contributed by atoms with Gasteiger partial charge in [-0.25, -0.2) is 4.99 Å². The number of para-hydroxylation sites is 1. The Bertz CT molecular complexity index is 1530. The van der Waals surface area contributed by atoms with Crippen LogP contribution in [-0.4, -0.2) is 48.4 Å². The molecule has 1 atom stereocenters. The molecule has 6 nitrogen and oxygen atoms in total. The van der Waals surface area contributed by atoms with Gasteiger partial charge >= 0.3 is 0 Å². The fraction of sp³-hybridized carbons (Fsp3) is 0.219. The Labute approximate surface area is 222 Å². The fourth-order valence-electron chi connectivity index (χ4n) is 5.44. The second kappa shape index (κ2) is 9.88. The largest absolute Gasteiger partial charge is 0.468 e. The van der Waals surface area contributed by atoms with Crippen molar-refractivity contribution in [2.45, 2.75) is 26.0 Å². The van der Waals surface area contributed by atoms with Crippen molar-refractivity contribution in [3.63, 3.8) is 0 Å². The van der Waals surface area contributed by atoms with E-state index in [1.807, 2.05) is 37.3 Å². The van der Waals surface area contributed by atoms with Gasteiger partial charge in [-0.15, -0.1) is 0 Å². The first kappa shape index (κ1) is 24.1. The quantitative estimate of drug-likeness (QED) is 0.483. The molecule has 1 unspecified atom stereocenters. The summed E-state index contributed by atoms with van der Waals surface area (Å²) in [6.07, 6.45) is 2.32. The molecule has 6 heteroatoms. The van der Waals surface area contributed by atoms with Crippen LogP contribution in [0.2, 0.25) is 0 Å². The molecule has 0 saturated carbocycles. The highest BCUT2D eigenvalue weighted by atomic mass is 16.5. The summed E-state index contributed by atoms with van der Waals surface area (Å²) in [5.41, 5.74) is 6.10. The Balaban J connectivity index is 1.28. The third-order valence-electron chi connectivity index (χ3n) is 7.34. The number of allylic oxidation sites excluding steroid dienone is 1. The molecule has 0 radical (unpaired) electrons. The molecule has 2 aliphatic carbocycles. The van der Waals surface area contributed by atoms with Crippen molar-refractivity contribution in [2.75, 3.05) is 20.1 Å². The summed E-state index contributed by atoms with van der Waals surface area (Å²) in [4.78, 5) is 33.3. The number of ketones is 2. The molecular weight excluding hydrogens is 474 g/mol. The normalized spacial score (nSPS) is 17.6. The lowest BCUT2D eigenvalue weighted by Gasteiger charge is -2.30. The maximum absolute atomic E-state index is 13.8. The van der Waals surface area contributed by atoms with Gasteiger partial charge in [0.05, 0.1) is 5.57 Å². The summed E-state index contributed by atoms with van der Waals surface area (Å²) >= 11 is 0. The number of carbonyl (C=O) groups excluding carboxylic acids is 2. The van der Waals surface area contributed by atoms with Crippen LogP contribution in [0, 0.1) is 6.92 Å². The van der Waals surface area contributed by atoms with E-state index in [1.165, 1.54) is 5.56 Å². The molecule has 1 aliphatic heterocycles. The van der Waals surface area contributed by atoms with Crippen LogP contribution in [0.15, 0.2) is 95.7 Å². The zero-order valence-electron chi connectivity index (χ0n) is 21.6. The number of nitrogens with one attached hydrogen (secondary N) is 2. The molecule has 1 heterocycles. The van der Waals surface area contributed by atoms with E-state index in [9.17, 15) is 9.59 Å². The number of rotatable bonds is 7. The van der Waals surface area contributed by atoms with Crippen LogP contribution in [0.1, 0.15) is 38.3 Å². The Kier molecular flexibility index (Phi) is 6.26. The van der Waals surface area contributed by atoms with Crippen LogP contribution in [-0.2, 0) is 6.54 Å². The fourth-order valence-corrected chi connectivity index (χ4v) is 5.44. The van der Waals surface area contributed by atoms with Gasteiger partial charge in [-0.2, -0.15) is 0 Å². The minimum Gasteiger partial charge on any atom is -0.468 e. The summed E-state index contributed by atoms with van der Waals surface area (Å²) in [5, 5.41) is 3.47. The molecule has 3 aromatic carbocycles. The van der Waals surface area contributed by atoms with E-state index in [0.29, 0.717) is 40.2 Å². The number of hydrogen-bond donors (Lipinski definition) is 2. The SMILES string of the molecule is Cc1cccc2c1[NH+]=C1C3=C(C(=O)c4ccccc4C3=O)C(NCCCN(C)Cc3ccccc3)=CC1O2. The van der Waals surface area contributed by atoms with Crippen LogP contribution in [0.3, 0.4) is 0 Å². The molecule has 0 bridgehead atoms. The molecular formula is C32H30N3O3+. The van der Waals surface area contributed by atoms with Crippen molar-refractivity contribution in [2.24, 2.45) is 0 Å². The monoisotopic (exact) mass is 504 g/mol. The van der Waals surface area contributed by atoms with E-state index in [0.717, 1.165) is 36.5 Å². The van der Waals surface area contributed by atoms with Gasteiger partial charge in [0.25, 0.3) is 0 Å². The average Bonchev–Trinajstić information content (AvgIpc) is 2.93. The van der Waals surface area contributed by atoms with Gasteiger partial charge in [-0.05, 0) is 44.6 Å². The molecule has 3 aliphatic rings. The molecule has 190 valence electrons. The minimum atomic E-state index is -0.492. The van der Waals surface area contributed by atoms with E-state index in [2.05, 4.69) is 46.5 Å². The number of nitrogens with zero attached hydrogens (tertiary/aromatic N) is 1. The number of ether oxygens (including phenoxy) is 1. The first-order chi connectivity index (χ1) is 18.5. The molecule has 0 aromatic heterocycles. The molecule has 2 N–H and O–H groups in total. The Morgan fingerprint density at radius 3 is 2.37 bits per heavy atom. The van der Waals surface area contributed by atoms with Gasteiger partial charge in [0.1, 0.15) is 5.57 Å². The van der Waals surface area contributed by atoms with Gasteiger partial charge in [0.2, 0.25) is 23.3 Å². The lowest BCUT2D eigenvalue weighted by atomic mass is 9.76. The third kappa shape index (κ3) is 4.27. The van der Waals surface area contributed by atoms with Crippen LogP contribution in [0.25, 0.3) is 0 Å². The van der Waals surface area contributed by atoms with Gasteiger partial charge in [0.15, 0.2) is 11.5 Å². The number of benzene rings is 3. The zero-order valence-corrected chi connectivity index (χ0v) is 21.6. The summed E-state index contributed by atoms with van der Waals surface area (Å²) in [7, 11) is 2.11. The number of hydrogen-bond acceptors (Lipinski definition) is 5. The maximum atomic E-state index is 13.8. The van der Waals surface area contributed by atoms with E-state index in [-0.39, 0.29) is 11.6 Å².